The molecule has 0 unspecified atom stereocenters. The molecule has 2 amide bonds. The van der Waals surface area contributed by atoms with Crippen molar-refractivity contribution in [2.45, 2.75) is 52.6 Å². The number of amides is 2. The van der Waals surface area contributed by atoms with Crippen molar-refractivity contribution in [1.29, 1.82) is 0 Å². The van der Waals surface area contributed by atoms with Crippen LogP contribution >= 0.6 is 0 Å². The molecule has 6 nitrogen and oxygen atoms in total. The Bertz CT molecular complexity index is 694. The molecule has 0 spiro atoms. The number of carbonyl (C=O) groups is 3. The molecule has 4 N–H and O–H groups in total. The van der Waals surface area contributed by atoms with Crippen LogP contribution in [-0.4, -0.2) is 36.1 Å². The lowest BCUT2D eigenvalue weighted by Gasteiger charge is -2.23. The number of halogens is 2. The topological polar surface area (TPSA) is 101 Å². The van der Waals surface area contributed by atoms with Gasteiger partial charge in [0.05, 0.1) is 12.6 Å². The molecule has 0 heterocycles. The normalized spacial score (nSPS) is 13.8. The van der Waals surface area contributed by atoms with E-state index in [9.17, 15) is 23.2 Å². The van der Waals surface area contributed by atoms with Crippen molar-refractivity contribution in [3.8, 4) is 0 Å². The first-order chi connectivity index (χ1) is 13.5. The van der Waals surface area contributed by atoms with Crippen LogP contribution in [0.4, 0.5) is 8.78 Å². The van der Waals surface area contributed by atoms with Crippen molar-refractivity contribution in [3.05, 3.63) is 35.9 Å². The highest BCUT2D eigenvalue weighted by Gasteiger charge is 2.43. The van der Waals surface area contributed by atoms with Gasteiger partial charge in [0.1, 0.15) is 5.92 Å². The van der Waals surface area contributed by atoms with Crippen LogP contribution in [0.3, 0.4) is 0 Å². The van der Waals surface area contributed by atoms with E-state index in [1.807, 2.05) is 35.6 Å². The molecule has 29 heavy (non-hydrogen) atoms. The van der Waals surface area contributed by atoms with E-state index in [1.54, 1.807) is 27.7 Å². The molecule has 162 valence electrons. The first-order valence-corrected chi connectivity index (χ1v) is 9.72. The van der Waals surface area contributed by atoms with Gasteiger partial charge in [-0.3, -0.25) is 14.4 Å². The van der Waals surface area contributed by atoms with E-state index in [4.69, 9.17) is 5.73 Å². The van der Waals surface area contributed by atoms with E-state index < -0.39 is 47.9 Å². The van der Waals surface area contributed by atoms with E-state index in [2.05, 4.69) is 5.32 Å². The third-order valence-corrected chi connectivity index (χ3v) is 4.45. The second kappa shape index (κ2) is 11.0. The summed E-state index contributed by atoms with van der Waals surface area (Å²) in [5.74, 6) is -8.22. The van der Waals surface area contributed by atoms with Crippen LogP contribution in [0.15, 0.2) is 30.3 Å². The number of hydrogen-bond acceptors (Lipinski definition) is 4. The van der Waals surface area contributed by atoms with Gasteiger partial charge in [0.2, 0.25) is 17.6 Å². The fourth-order valence-electron chi connectivity index (χ4n) is 2.90. The minimum atomic E-state index is -3.80. The number of carbonyl (C=O) groups excluding carboxylic acids is 3. The molecule has 0 saturated heterocycles. The fourth-order valence-corrected chi connectivity index (χ4v) is 2.90. The summed E-state index contributed by atoms with van der Waals surface area (Å²) < 4.78 is 28.3. The number of benzene rings is 1. The Labute approximate surface area is 170 Å². The van der Waals surface area contributed by atoms with E-state index in [1.165, 1.54) is 0 Å². The van der Waals surface area contributed by atoms with Crippen molar-refractivity contribution in [2.75, 3.05) is 6.54 Å². The van der Waals surface area contributed by atoms with Crippen LogP contribution < -0.4 is 16.4 Å². The first kappa shape index (κ1) is 24.7. The monoisotopic (exact) mass is 411 g/mol. The average Bonchev–Trinajstić information content (AvgIpc) is 2.64. The van der Waals surface area contributed by atoms with Crippen LogP contribution in [0.5, 0.6) is 0 Å². The number of alkyl halides is 2. The maximum Gasteiger partial charge on any atom is 0.323 e. The van der Waals surface area contributed by atoms with Gasteiger partial charge in [0.15, 0.2) is 0 Å². The Kier molecular flexibility index (Phi) is 9.36. The molecule has 0 aliphatic heterocycles. The fraction of sp³-hybridized carbons (Fsp3) is 0.571. The SMILES string of the molecule is CC(C)C[C@H](N)C(=O)C(F)(F)CNC(=O)[C@H](C(=O)NCc1ccccc1)C(C)C. The number of ketones is 1. The van der Waals surface area contributed by atoms with Crippen molar-refractivity contribution in [1.82, 2.24) is 10.6 Å². The summed E-state index contributed by atoms with van der Waals surface area (Å²) >= 11 is 0. The van der Waals surface area contributed by atoms with E-state index in [-0.39, 0.29) is 18.9 Å². The number of hydrogen-bond donors (Lipinski definition) is 3. The zero-order chi connectivity index (χ0) is 22.2. The number of nitrogens with two attached hydrogens (primary N) is 1. The summed E-state index contributed by atoms with van der Waals surface area (Å²) in [6.45, 7) is 5.87. The minimum Gasteiger partial charge on any atom is -0.351 e. The number of rotatable bonds is 11. The summed E-state index contributed by atoms with van der Waals surface area (Å²) in [5.41, 5.74) is 6.40. The minimum absolute atomic E-state index is 0.0158. The molecule has 2 atom stereocenters. The summed E-state index contributed by atoms with van der Waals surface area (Å²) in [7, 11) is 0. The predicted octanol–water partition coefficient (Wildman–Crippen LogP) is 2.27. The summed E-state index contributed by atoms with van der Waals surface area (Å²) in [6, 6.07) is 7.80. The third kappa shape index (κ3) is 7.89. The van der Waals surface area contributed by atoms with E-state index in [0.29, 0.717) is 0 Å². The lowest BCUT2D eigenvalue weighted by atomic mass is 9.93. The number of nitrogens with one attached hydrogen (secondary N) is 2. The standard InChI is InChI=1S/C21H31F2N3O3/c1-13(2)10-16(24)18(27)21(22,23)12-26-20(29)17(14(3)4)19(28)25-11-15-8-6-5-7-9-15/h5-9,13-14,16-17H,10-12,24H2,1-4H3,(H,25,28)(H,26,29)/t16-,17-/m0/s1. The molecule has 0 bridgehead atoms. The highest BCUT2D eigenvalue weighted by atomic mass is 19.3. The van der Waals surface area contributed by atoms with Crippen LogP contribution in [-0.2, 0) is 20.9 Å². The zero-order valence-corrected chi connectivity index (χ0v) is 17.4. The quantitative estimate of drug-likeness (QED) is 0.486. The van der Waals surface area contributed by atoms with Crippen LogP contribution in [0.2, 0.25) is 0 Å². The molecule has 0 aliphatic rings. The maximum absolute atomic E-state index is 14.2. The van der Waals surface area contributed by atoms with E-state index >= 15 is 0 Å². The molecular formula is C21H31F2N3O3. The van der Waals surface area contributed by atoms with Crippen LogP contribution in [0.25, 0.3) is 0 Å². The maximum atomic E-state index is 14.2. The van der Waals surface area contributed by atoms with Crippen molar-refractivity contribution < 1.29 is 23.2 Å². The van der Waals surface area contributed by atoms with Crippen LogP contribution in [0.1, 0.15) is 39.7 Å². The summed E-state index contributed by atoms with van der Waals surface area (Å²) in [4.78, 5) is 36.8. The van der Waals surface area contributed by atoms with Gasteiger partial charge < -0.3 is 16.4 Å². The van der Waals surface area contributed by atoms with Gasteiger partial charge in [0, 0.05) is 6.54 Å². The van der Waals surface area contributed by atoms with E-state index in [0.717, 1.165) is 5.56 Å². The lowest BCUT2D eigenvalue weighted by Crippen LogP contribution is -2.52. The van der Waals surface area contributed by atoms with Crippen molar-refractivity contribution in [3.63, 3.8) is 0 Å². The Balaban J connectivity index is 2.69. The molecule has 1 aromatic carbocycles. The molecule has 8 heteroatoms. The lowest BCUT2D eigenvalue weighted by molar-refractivity contribution is -0.146. The Morgan fingerprint density at radius 3 is 2.07 bits per heavy atom. The number of Topliss-reactive ketones (excluding diaryl/α,β-unsaturated/α-hetero) is 1. The molecule has 0 saturated carbocycles. The smallest absolute Gasteiger partial charge is 0.323 e. The first-order valence-electron chi connectivity index (χ1n) is 9.72. The second-order valence-corrected chi connectivity index (χ2v) is 7.95. The van der Waals surface area contributed by atoms with Gasteiger partial charge in [-0.2, -0.15) is 8.78 Å². The molecule has 0 aliphatic carbocycles. The molecule has 0 radical (unpaired) electrons. The van der Waals surface area contributed by atoms with Gasteiger partial charge in [-0.1, -0.05) is 58.0 Å². The molecule has 0 aromatic heterocycles. The van der Waals surface area contributed by atoms with Crippen LogP contribution in [0, 0.1) is 17.8 Å². The average molecular weight is 411 g/mol. The second-order valence-electron chi connectivity index (χ2n) is 7.95. The molecular weight excluding hydrogens is 380 g/mol. The molecule has 0 fully saturated rings. The third-order valence-electron chi connectivity index (χ3n) is 4.45. The predicted molar refractivity (Wildman–Crippen MR) is 107 cm³/mol. The molecule has 1 rings (SSSR count). The van der Waals surface area contributed by atoms with Gasteiger partial charge in [-0.05, 0) is 23.8 Å². The largest absolute Gasteiger partial charge is 0.351 e. The van der Waals surface area contributed by atoms with Gasteiger partial charge in [-0.25, -0.2) is 0 Å². The summed E-state index contributed by atoms with van der Waals surface area (Å²) in [5, 5.41) is 4.69. The summed E-state index contributed by atoms with van der Waals surface area (Å²) in [6.07, 6.45) is 0.124. The van der Waals surface area contributed by atoms with Gasteiger partial charge >= 0.3 is 5.92 Å². The Hall–Kier alpha value is -2.35. The Morgan fingerprint density at radius 1 is 1.00 bits per heavy atom. The van der Waals surface area contributed by atoms with Gasteiger partial charge in [0.25, 0.3) is 0 Å². The van der Waals surface area contributed by atoms with Crippen molar-refractivity contribution >= 4 is 17.6 Å². The van der Waals surface area contributed by atoms with Crippen molar-refractivity contribution in [2.24, 2.45) is 23.5 Å². The van der Waals surface area contributed by atoms with Gasteiger partial charge in [-0.15, -0.1) is 0 Å². The zero-order valence-electron chi connectivity index (χ0n) is 17.4. The highest BCUT2D eigenvalue weighted by molar-refractivity contribution is 6.01. The molecule has 1 aromatic rings. The Morgan fingerprint density at radius 2 is 1.55 bits per heavy atom. The highest BCUT2D eigenvalue weighted by Crippen LogP contribution is 2.19.